The van der Waals surface area contributed by atoms with E-state index in [1.807, 2.05) is 0 Å². The van der Waals surface area contributed by atoms with Crippen LogP contribution in [0.15, 0.2) is 4.79 Å². The van der Waals surface area contributed by atoms with Gasteiger partial charge in [0.25, 0.3) is 5.56 Å². The highest BCUT2D eigenvalue weighted by atomic mass is 16.1. The quantitative estimate of drug-likeness (QED) is 0.734. The Morgan fingerprint density at radius 3 is 2.86 bits per heavy atom. The van der Waals surface area contributed by atoms with E-state index in [2.05, 4.69) is 5.10 Å². The van der Waals surface area contributed by atoms with Crippen molar-refractivity contribution < 1.29 is 0 Å². The van der Waals surface area contributed by atoms with Crippen molar-refractivity contribution in [3.8, 4) is 0 Å². The molecule has 0 spiro atoms. The topological polar surface area (TPSA) is 63.8 Å². The molecule has 0 aliphatic heterocycles. The zero-order valence-corrected chi connectivity index (χ0v) is 8.55. The van der Waals surface area contributed by atoms with Crippen LogP contribution < -0.4 is 11.3 Å². The fraction of sp³-hybridized carbons (Fsp3) is 0.700. The van der Waals surface area contributed by atoms with Gasteiger partial charge in [0, 0.05) is 24.2 Å². The molecular formula is C10H17N3O. The Kier molecular flexibility index (Phi) is 2.46. The fourth-order valence-corrected chi connectivity index (χ4v) is 1.85. The number of aryl methyl sites for hydroxylation is 1. The SMILES string of the molecule is Cn1[nH]c(C2CC2)c(CCCN)c1=O. The molecule has 2 rings (SSSR count). The molecule has 0 radical (unpaired) electrons. The monoisotopic (exact) mass is 195 g/mol. The molecule has 1 aromatic heterocycles. The van der Waals surface area contributed by atoms with Crippen LogP contribution in [0.2, 0.25) is 0 Å². The van der Waals surface area contributed by atoms with Crippen LogP contribution in [-0.4, -0.2) is 16.3 Å². The van der Waals surface area contributed by atoms with Crippen LogP contribution in [-0.2, 0) is 13.5 Å². The third-order valence-electron chi connectivity index (χ3n) is 2.79. The largest absolute Gasteiger partial charge is 0.330 e. The van der Waals surface area contributed by atoms with Gasteiger partial charge in [0.2, 0.25) is 0 Å². The van der Waals surface area contributed by atoms with Crippen molar-refractivity contribution in [2.24, 2.45) is 12.8 Å². The van der Waals surface area contributed by atoms with Crippen LogP contribution in [0.3, 0.4) is 0 Å². The van der Waals surface area contributed by atoms with Gasteiger partial charge in [-0.05, 0) is 32.2 Å². The van der Waals surface area contributed by atoms with Gasteiger partial charge in [0.15, 0.2) is 0 Å². The van der Waals surface area contributed by atoms with Gasteiger partial charge >= 0.3 is 0 Å². The van der Waals surface area contributed by atoms with Crippen molar-refractivity contribution >= 4 is 0 Å². The standard InChI is InChI=1S/C10H17N3O/c1-13-10(14)8(3-2-6-11)9(12-13)7-4-5-7/h7,12H,2-6,11H2,1H3. The zero-order valence-electron chi connectivity index (χ0n) is 8.55. The molecule has 1 aliphatic carbocycles. The molecular weight excluding hydrogens is 178 g/mol. The molecule has 3 N–H and O–H groups in total. The highest BCUT2D eigenvalue weighted by molar-refractivity contribution is 5.25. The average Bonchev–Trinajstić information content (AvgIpc) is 2.95. The van der Waals surface area contributed by atoms with Gasteiger partial charge in [0.05, 0.1) is 0 Å². The third kappa shape index (κ3) is 1.62. The van der Waals surface area contributed by atoms with Gasteiger partial charge in [-0.1, -0.05) is 0 Å². The lowest BCUT2D eigenvalue weighted by atomic mass is 10.1. The predicted molar refractivity (Wildman–Crippen MR) is 55.4 cm³/mol. The number of H-pyrrole nitrogens is 1. The maximum atomic E-state index is 11.7. The third-order valence-corrected chi connectivity index (χ3v) is 2.79. The summed E-state index contributed by atoms with van der Waals surface area (Å²) in [5.41, 5.74) is 7.70. The average molecular weight is 195 g/mol. The summed E-state index contributed by atoms with van der Waals surface area (Å²) in [6, 6.07) is 0. The van der Waals surface area contributed by atoms with Crippen LogP contribution in [0.5, 0.6) is 0 Å². The Bertz CT molecular complexity index is 373. The normalized spacial score (nSPS) is 16.1. The molecule has 1 heterocycles. The summed E-state index contributed by atoms with van der Waals surface area (Å²) in [5, 5.41) is 3.15. The molecule has 0 bridgehead atoms. The highest BCUT2D eigenvalue weighted by Crippen LogP contribution is 2.40. The van der Waals surface area contributed by atoms with E-state index in [0.717, 1.165) is 24.1 Å². The summed E-state index contributed by atoms with van der Waals surface area (Å²) in [6.45, 7) is 0.651. The van der Waals surface area contributed by atoms with Crippen molar-refractivity contribution in [3.05, 3.63) is 21.6 Å². The zero-order chi connectivity index (χ0) is 10.1. The summed E-state index contributed by atoms with van der Waals surface area (Å²) in [5.74, 6) is 0.608. The van der Waals surface area contributed by atoms with Gasteiger partial charge in [0.1, 0.15) is 0 Å². The number of hydrogen-bond acceptors (Lipinski definition) is 2. The lowest BCUT2D eigenvalue weighted by Crippen LogP contribution is -2.16. The van der Waals surface area contributed by atoms with E-state index in [0.29, 0.717) is 12.5 Å². The molecule has 0 amide bonds. The first-order valence-electron chi connectivity index (χ1n) is 5.22. The van der Waals surface area contributed by atoms with E-state index in [1.54, 1.807) is 11.7 Å². The van der Waals surface area contributed by atoms with E-state index < -0.39 is 0 Å². The van der Waals surface area contributed by atoms with Crippen molar-refractivity contribution in [2.75, 3.05) is 6.54 Å². The Morgan fingerprint density at radius 2 is 2.29 bits per heavy atom. The van der Waals surface area contributed by atoms with Crippen molar-refractivity contribution in [1.29, 1.82) is 0 Å². The van der Waals surface area contributed by atoms with Gasteiger partial charge in [-0.3, -0.25) is 14.6 Å². The molecule has 14 heavy (non-hydrogen) atoms. The van der Waals surface area contributed by atoms with E-state index in [4.69, 9.17) is 5.73 Å². The molecule has 0 unspecified atom stereocenters. The summed E-state index contributed by atoms with van der Waals surface area (Å²) in [4.78, 5) is 11.7. The van der Waals surface area contributed by atoms with Crippen LogP contribution in [0, 0.1) is 0 Å². The van der Waals surface area contributed by atoms with Crippen LogP contribution in [0.25, 0.3) is 0 Å². The molecule has 0 saturated heterocycles. The summed E-state index contributed by atoms with van der Waals surface area (Å²) in [7, 11) is 1.78. The molecule has 0 atom stereocenters. The number of hydrogen-bond donors (Lipinski definition) is 2. The fourth-order valence-electron chi connectivity index (χ4n) is 1.85. The second kappa shape index (κ2) is 3.61. The number of rotatable bonds is 4. The Balaban J connectivity index is 2.28. The summed E-state index contributed by atoms with van der Waals surface area (Å²) in [6.07, 6.45) is 4.15. The van der Waals surface area contributed by atoms with Crippen molar-refractivity contribution in [2.45, 2.75) is 31.6 Å². The van der Waals surface area contributed by atoms with E-state index in [1.165, 1.54) is 12.8 Å². The Morgan fingerprint density at radius 1 is 1.57 bits per heavy atom. The predicted octanol–water partition coefficient (Wildman–Crippen LogP) is 0.482. The lowest BCUT2D eigenvalue weighted by molar-refractivity contribution is 0.720. The smallest absolute Gasteiger partial charge is 0.269 e. The molecule has 0 aromatic carbocycles. The van der Waals surface area contributed by atoms with Crippen LogP contribution >= 0.6 is 0 Å². The van der Waals surface area contributed by atoms with E-state index in [9.17, 15) is 4.79 Å². The number of aromatic nitrogens is 2. The minimum atomic E-state index is 0.125. The molecule has 1 aliphatic rings. The van der Waals surface area contributed by atoms with Crippen molar-refractivity contribution in [1.82, 2.24) is 9.78 Å². The molecule has 1 aromatic rings. The number of nitrogens with one attached hydrogen (secondary N) is 1. The summed E-state index contributed by atoms with van der Waals surface area (Å²) >= 11 is 0. The van der Waals surface area contributed by atoms with Gasteiger partial charge < -0.3 is 5.73 Å². The number of aromatic amines is 1. The summed E-state index contributed by atoms with van der Waals surface area (Å²) < 4.78 is 1.58. The van der Waals surface area contributed by atoms with E-state index in [-0.39, 0.29) is 5.56 Å². The van der Waals surface area contributed by atoms with Gasteiger partial charge in [-0.25, -0.2) is 0 Å². The number of nitrogens with zero attached hydrogens (tertiary/aromatic N) is 1. The minimum Gasteiger partial charge on any atom is -0.330 e. The molecule has 1 saturated carbocycles. The van der Waals surface area contributed by atoms with Crippen molar-refractivity contribution in [3.63, 3.8) is 0 Å². The number of nitrogens with two attached hydrogens (primary N) is 1. The second-order valence-electron chi connectivity index (χ2n) is 4.03. The lowest BCUT2D eigenvalue weighted by Gasteiger charge is -1.98. The van der Waals surface area contributed by atoms with E-state index >= 15 is 0 Å². The molecule has 4 nitrogen and oxygen atoms in total. The van der Waals surface area contributed by atoms with Crippen LogP contribution in [0.4, 0.5) is 0 Å². The first kappa shape index (κ1) is 9.52. The van der Waals surface area contributed by atoms with Gasteiger partial charge in [-0.2, -0.15) is 0 Å². The van der Waals surface area contributed by atoms with Gasteiger partial charge in [-0.15, -0.1) is 0 Å². The maximum Gasteiger partial charge on any atom is 0.269 e. The molecule has 4 heteroatoms. The second-order valence-corrected chi connectivity index (χ2v) is 4.03. The Labute approximate surface area is 83.1 Å². The molecule has 1 fully saturated rings. The first-order valence-corrected chi connectivity index (χ1v) is 5.22. The first-order chi connectivity index (χ1) is 6.74. The highest BCUT2D eigenvalue weighted by Gasteiger charge is 2.29. The maximum absolute atomic E-state index is 11.7. The van der Waals surface area contributed by atoms with Crippen LogP contribution in [0.1, 0.15) is 36.4 Å². The minimum absolute atomic E-state index is 0.125. The Hall–Kier alpha value is -1.03. The molecule has 78 valence electrons.